The van der Waals surface area contributed by atoms with E-state index in [9.17, 15) is 4.79 Å². The standard InChI is InChI=1S/C21H26N8O/c1-15-14-17(30)29-18(16-6-3-2-4-7-16)25-20(26-21(29)24-15)28-12-10-27(11-13-28)19-22-8-5-9-23-19/h2-3,5,8-9,14,16,18H,4,6-7,10-13H2,1H3,(H,24,25,26)/t16-,18+/m0/s1. The van der Waals surface area contributed by atoms with Gasteiger partial charge >= 0.3 is 0 Å². The molecule has 2 aliphatic heterocycles. The van der Waals surface area contributed by atoms with Gasteiger partial charge in [0.2, 0.25) is 17.9 Å². The maximum atomic E-state index is 12.8. The van der Waals surface area contributed by atoms with Crippen LogP contribution in [0.15, 0.2) is 46.5 Å². The van der Waals surface area contributed by atoms with E-state index < -0.39 is 0 Å². The lowest BCUT2D eigenvalue weighted by Crippen LogP contribution is -2.53. The number of allylic oxidation sites excluding steroid dienone is 2. The van der Waals surface area contributed by atoms with Crippen molar-refractivity contribution in [2.75, 3.05) is 36.4 Å². The van der Waals surface area contributed by atoms with Crippen LogP contribution in [0.25, 0.3) is 0 Å². The summed E-state index contributed by atoms with van der Waals surface area (Å²) >= 11 is 0. The lowest BCUT2D eigenvalue weighted by molar-refractivity contribution is 0.296. The lowest BCUT2D eigenvalue weighted by Gasteiger charge is -2.39. The molecule has 2 aromatic rings. The number of rotatable bonds is 2. The van der Waals surface area contributed by atoms with Crippen molar-refractivity contribution in [3.05, 3.63) is 52.7 Å². The van der Waals surface area contributed by atoms with Crippen LogP contribution in [-0.2, 0) is 0 Å². The molecular weight excluding hydrogens is 380 g/mol. The number of fused-ring (bicyclic) bond motifs is 1. The van der Waals surface area contributed by atoms with Gasteiger partial charge in [0.25, 0.3) is 5.56 Å². The molecule has 0 saturated carbocycles. The van der Waals surface area contributed by atoms with Crippen molar-refractivity contribution < 1.29 is 0 Å². The molecule has 156 valence electrons. The quantitative estimate of drug-likeness (QED) is 0.761. The van der Waals surface area contributed by atoms with Crippen molar-refractivity contribution in [1.82, 2.24) is 24.4 Å². The third kappa shape index (κ3) is 3.55. The van der Waals surface area contributed by atoms with Crippen LogP contribution in [0.2, 0.25) is 0 Å². The number of aryl methyl sites for hydroxylation is 1. The van der Waals surface area contributed by atoms with Crippen molar-refractivity contribution in [3.63, 3.8) is 0 Å². The Balaban J connectivity index is 1.40. The Kier molecular flexibility index (Phi) is 4.94. The second-order valence-corrected chi connectivity index (χ2v) is 7.99. The Bertz CT molecular complexity index is 1020. The average molecular weight is 406 g/mol. The van der Waals surface area contributed by atoms with Crippen molar-refractivity contribution >= 4 is 17.9 Å². The first-order valence-electron chi connectivity index (χ1n) is 10.6. The molecule has 0 unspecified atom stereocenters. The minimum Gasteiger partial charge on any atom is -0.339 e. The highest BCUT2D eigenvalue weighted by molar-refractivity contribution is 5.93. The zero-order valence-electron chi connectivity index (χ0n) is 17.1. The maximum Gasteiger partial charge on any atom is 0.256 e. The molecular formula is C21H26N8O. The maximum absolute atomic E-state index is 12.8. The number of anilines is 2. The van der Waals surface area contributed by atoms with Gasteiger partial charge in [-0.1, -0.05) is 12.2 Å². The topological polar surface area (TPSA) is 91.5 Å². The first-order valence-corrected chi connectivity index (χ1v) is 10.6. The van der Waals surface area contributed by atoms with Gasteiger partial charge in [-0.2, -0.15) is 0 Å². The van der Waals surface area contributed by atoms with E-state index in [2.05, 4.69) is 42.2 Å². The number of piperazine rings is 1. The SMILES string of the molecule is Cc1cc(=O)n2c(n1)NC(N1CCN(c3ncccn3)CC1)=N[C@H]2[C@H]1CC=CCC1. The fourth-order valence-electron chi connectivity index (χ4n) is 4.40. The number of nitrogens with zero attached hydrogens (tertiary/aromatic N) is 7. The third-order valence-corrected chi connectivity index (χ3v) is 5.97. The Hall–Kier alpha value is -3.23. The summed E-state index contributed by atoms with van der Waals surface area (Å²) in [5, 5.41) is 3.33. The molecule has 0 spiro atoms. The van der Waals surface area contributed by atoms with Crippen LogP contribution in [-0.4, -0.2) is 56.6 Å². The zero-order valence-corrected chi connectivity index (χ0v) is 17.1. The first-order chi connectivity index (χ1) is 14.7. The molecule has 0 amide bonds. The first kappa shape index (κ1) is 18.8. The van der Waals surface area contributed by atoms with Gasteiger partial charge in [-0.25, -0.2) is 19.9 Å². The monoisotopic (exact) mass is 406 g/mol. The summed E-state index contributed by atoms with van der Waals surface area (Å²) in [5.74, 6) is 2.46. The van der Waals surface area contributed by atoms with Crippen molar-refractivity contribution in [1.29, 1.82) is 0 Å². The molecule has 9 nitrogen and oxygen atoms in total. The molecule has 1 fully saturated rings. The van der Waals surface area contributed by atoms with Gasteiger partial charge in [-0.15, -0.1) is 0 Å². The summed E-state index contributed by atoms with van der Waals surface area (Å²) in [7, 11) is 0. The molecule has 2 aromatic heterocycles. The normalized spacial score (nSPS) is 23.6. The van der Waals surface area contributed by atoms with Crippen LogP contribution in [0.4, 0.5) is 11.9 Å². The van der Waals surface area contributed by atoms with E-state index in [1.54, 1.807) is 23.0 Å². The summed E-state index contributed by atoms with van der Waals surface area (Å²) < 4.78 is 1.73. The number of aromatic nitrogens is 4. The number of hydrogen-bond acceptors (Lipinski definition) is 8. The molecule has 30 heavy (non-hydrogen) atoms. The number of hydrogen-bond donors (Lipinski definition) is 1. The van der Waals surface area contributed by atoms with Crippen LogP contribution >= 0.6 is 0 Å². The van der Waals surface area contributed by atoms with Crippen LogP contribution < -0.4 is 15.8 Å². The van der Waals surface area contributed by atoms with E-state index in [4.69, 9.17) is 4.99 Å². The fraction of sp³-hybridized carbons (Fsp3) is 0.476. The second-order valence-electron chi connectivity index (χ2n) is 7.99. The van der Waals surface area contributed by atoms with E-state index in [1.807, 2.05) is 13.0 Å². The lowest BCUT2D eigenvalue weighted by atomic mass is 9.91. The van der Waals surface area contributed by atoms with Gasteiger partial charge in [-0.05, 0) is 32.3 Å². The highest BCUT2D eigenvalue weighted by Gasteiger charge is 2.33. The Morgan fingerprint density at radius 3 is 2.57 bits per heavy atom. The summed E-state index contributed by atoms with van der Waals surface area (Å²) in [5.41, 5.74) is 0.673. The molecule has 2 atom stereocenters. The van der Waals surface area contributed by atoms with Gasteiger partial charge < -0.3 is 9.80 Å². The minimum absolute atomic E-state index is 0.0431. The smallest absolute Gasteiger partial charge is 0.256 e. The Labute approximate surface area is 175 Å². The molecule has 3 aliphatic rings. The predicted octanol–water partition coefficient (Wildman–Crippen LogP) is 1.80. The summed E-state index contributed by atoms with van der Waals surface area (Å²) in [4.78, 5) is 35.6. The van der Waals surface area contributed by atoms with E-state index in [0.717, 1.165) is 57.3 Å². The Morgan fingerprint density at radius 1 is 1.07 bits per heavy atom. The predicted molar refractivity (Wildman–Crippen MR) is 116 cm³/mol. The van der Waals surface area contributed by atoms with Gasteiger partial charge in [0, 0.05) is 56.3 Å². The Morgan fingerprint density at radius 2 is 1.83 bits per heavy atom. The molecule has 9 heteroatoms. The highest BCUT2D eigenvalue weighted by atomic mass is 16.1. The summed E-state index contributed by atoms with van der Waals surface area (Å²) in [6, 6.07) is 3.42. The molecule has 1 saturated heterocycles. The van der Waals surface area contributed by atoms with Crippen molar-refractivity contribution in [2.24, 2.45) is 10.9 Å². The molecule has 1 N–H and O–H groups in total. The average Bonchev–Trinajstić information content (AvgIpc) is 2.79. The molecule has 0 aromatic carbocycles. The van der Waals surface area contributed by atoms with Gasteiger partial charge in [0.05, 0.1) is 0 Å². The number of nitrogens with one attached hydrogen (secondary N) is 1. The van der Waals surface area contributed by atoms with Gasteiger partial charge in [0.15, 0.2) is 0 Å². The third-order valence-electron chi connectivity index (χ3n) is 5.97. The van der Waals surface area contributed by atoms with Crippen LogP contribution in [0.5, 0.6) is 0 Å². The zero-order chi connectivity index (χ0) is 20.5. The fourth-order valence-corrected chi connectivity index (χ4v) is 4.40. The van der Waals surface area contributed by atoms with Gasteiger partial charge in [0.1, 0.15) is 6.17 Å². The molecule has 1 aliphatic carbocycles. The number of aliphatic imine (C=N–C) groups is 1. The highest BCUT2D eigenvalue weighted by Crippen LogP contribution is 2.34. The molecule has 0 radical (unpaired) electrons. The van der Waals surface area contributed by atoms with Crippen LogP contribution in [0, 0.1) is 12.8 Å². The van der Waals surface area contributed by atoms with E-state index in [1.165, 1.54) is 0 Å². The van der Waals surface area contributed by atoms with Gasteiger partial charge in [-0.3, -0.25) is 14.7 Å². The second kappa shape index (κ2) is 7.89. The summed E-state index contributed by atoms with van der Waals surface area (Å²) in [6.07, 6.45) is 10.7. The van der Waals surface area contributed by atoms with E-state index >= 15 is 0 Å². The largest absolute Gasteiger partial charge is 0.339 e. The van der Waals surface area contributed by atoms with Crippen molar-refractivity contribution in [2.45, 2.75) is 32.4 Å². The molecule has 0 bridgehead atoms. The van der Waals surface area contributed by atoms with E-state index in [-0.39, 0.29) is 11.7 Å². The van der Waals surface area contributed by atoms with Crippen LogP contribution in [0.3, 0.4) is 0 Å². The minimum atomic E-state index is -0.225. The van der Waals surface area contributed by atoms with Crippen LogP contribution in [0.1, 0.15) is 31.1 Å². The van der Waals surface area contributed by atoms with E-state index in [0.29, 0.717) is 17.6 Å². The molecule has 5 rings (SSSR count). The summed E-state index contributed by atoms with van der Waals surface area (Å²) in [6.45, 7) is 5.09. The number of guanidine groups is 1. The van der Waals surface area contributed by atoms with Crippen molar-refractivity contribution in [3.8, 4) is 0 Å². The molecule has 4 heterocycles.